The summed E-state index contributed by atoms with van der Waals surface area (Å²) >= 11 is 0. The molecule has 0 spiro atoms. The number of likely N-dealkylation sites (tertiary alicyclic amines) is 1. The molecule has 0 saturated carbocycles. The molecule has 2 aromatic rings. The highest BCUT2D eigenvalue weighted by molar-refractivity contribution is 5.93. The topological polar surface area (TPSA) is 95.9 Å². The molecule has 1 aliphatic heterocycles. The number of carbonyl (C=O) groups excluding carboxylic acids is 3. The first kappa shape index (κ1) is 21.5. The van der Waals surface area contributed by atoms with Gasteiger partial charge in [0, 0.05) is 19.4 Å². The summed E-state index contributed by atoms with van der Waals surface area (Å²) in [5, 5.41) is 12.1. The molecular weight excluding hydrogens is 384 g/mol. The maximum Gasteiger partial charge on any atom is 0.328 e. The molecule has 0 bridgehead atoms. The van der Waals surface area contributed by atoms with E-state index in [0.29, 0.717) is 19.4 Å². The fourth-order valence-corrected chi connectivity index (χ4v) is 3.68. The van der Waals surface area contributed by atoms with Crippen LogP contribution in [0.5, 0.6) is 0 Å². The SMILES string of the molecule is COC(=O)C(Cc1cccc(CO)c1)NC(=O)C1CCC(=O)N1Cc1ccccc1. The van der Waals surface area contributed by atoms with Crippen molar-refractivity contribution in [3.8, 4) is 0 Å². The molecule has 2 N–H and O–H groups in total. The van der Waals surface area contributed by atoms with Crippen LogP contribution in [0.2, 0.25) is 0 Å². The molecular formula is C23H26N2O5. The third-order valence-electron chi connectivity index (χ3n) is 5.24. The van der Waals surface area contributed by atoms with Crippen molar-refractivity contribution in [1.82, 2.24) is 10.2 Å². The summed E-state index contributed by atoms with van der Waals surface area (Å²) in [4.78, 5) is 39.2. The number of ether oxygens (including phenoxy) is 1. The van der Waals surface area contributed by atoms with E-state index in [1.807, 2.05) is 36.4 Å². The minimum atomic E-state index is -0.884. The summed E-state index contributed by atoms with van der Waals surface area (Å²) < 4.78 is 4.86. The summed E-state index contributed by atoms with van der Waals surface area (Å²) in [7, 11) is 1.27. The van der Waals surface area contributed by atoms with Crippen LogP contribution in [0, 0.1) is 0 Å². The van der Waals surface area contributed by atoms with Gasteiger partial charge in [0.2, 0.25) is 11.8 Å². The molecule has 0 aliphatic carbocycles. The largest absolute Gasteiger partial charge is 0.467 e. The first-order valence-corrected chi connectivity index (χ1v) is 9.92. The number of esters is 1. The Bertz CT molecular complexity index is 899. The molecule has 1 heterocycles. The molecule has 7 heteroatoms. The van der Waals surface area contributed by atoms with Crippen molar-refractivity contribution in [2.45, 2.75) is 44.5 Å². The number of rotatable bonds is 8. The fourth-order valence-electron chi connectivity index (χ4n) is 3.68. The molecule has 1 aliphatic rings. The van der Waals surface area contributed by atoms with Gasteiger partial charge in [-0.3, -0.25) is 9.59 Å². The van der Waals surface area contributed by atoms with Crippen LogP contribution in [0.4, 0.5) is 0 Å². The summed E-state index contributed by atoms with van der Waals surface area (Å²) in [6.07, 6.45) is 0.934. The number of hydrogen-bond acceptors (Lipinski definition) is 5. The van der Waals surface area contributed by atoms with Crippen LogP contribution in [0.1, 0.15) is 29.5 Å². The first-order valence-electron chi connectivity index (χ1n) is 9.92. The van der Waals surface area contributed by atoms with Crippen LogP contribution in [0.25, 0.3) is 0 Å². The quantitative estimate of drug-likeness (QED) is 0.644. The lowest BCUT2D eigenvalue weighted by Crippen LogP contribution is -2.51. The van der Waals surface area contributed by atoms with Gasteiger partial charge in [-0.25, -0.2) is 4.79 Å². The molecule has 1 saturated heterocycles. The Morgan fingerprint density at radius 2 is 1.83 bits per heavy atom. The summed E-state index contributed by atoms with van der Waals surface area (Å²) in [6, 6.07) is 15.1. The van der Waals surface area contributed by atoms with Crippen molar-refractivity contribution in [2.24, 2.45) is 0 Å². The van der Waals surface area contributed by atoms with E-state index in [0.717, 1.165) is 16.7 Å². The Morgan fingerprint density at radius 3 is 2.53 bits per heavy atom. The van der Waals surface area contributed by atoms with Crippen LogP contribution in [0.3, 0.4) is 0 Å². The summed E-state index contributed by atoms with van der Waals surface area (Å²) in [5.41, 5.74) is 2.45. The maximum absolute atomic E-state index is 13.0. The number of aliphatic hydroxyl groups excluding tert-OH is 1. The van der Waals surface area contributed by atoms with Gasteiger partial charge >= 0.3 is 5.97 Å². The van der Waals surface area contributed by atoms with E-state index in [4.69, 9.17) is 4.74 Å². The number of amides is 2. The zero-order valence-electron chi connectivity index (χ0n) is 16.9. The summed E-state index contributed by atoms with van der Waals surface area (Å²) in [6.45, 7) is 0.237. The molecule has 2 amide bonds. The van der Waals surface area contributed by atoms with E-state index in [-0.39, 0.29) is 24.8 Å². The maximum atomic E-state index is 13.0. The van der Waals surface area contributed by atoms with Gasteiger partial charge in [0.1, 0.15) is 12.1 Å². The van der Waals surface area contributed by atoms with Crippen molar-refractivity contribution in [3.05, 3.63) is 71.3 Å². The smallest absolute Gasteiger partial charge is 0.328 e. The Labute approximate surface area is 175 Å². The second kappa shape index (κ2) is 10.0. The third kappa shape index (κ3) is 5.24. The molecule has 2 unspecified atom stereocenters. The standard InChI is InChI=1S/C23H26N2O5/c1-30-23(29)19(13-17-8-5-9-18(12-17)15-26)24-22(28)20-10-11-21(27)25(20)14-16-6-3-2-4-7-16/h2-9,12,19-20,26H,10-11,13-15H2,1H3,(H,24,28). The molecule has 0 radical (unpaired) electrons. The van der Waals surface area contributed by atoms with Crippen molar-refractivity contribution in [2.75, 3.05) is 7.11 Å². The lowest BCUT2D eigenvalue weighted by Gasteiger charge is -2.26. The predicted molar refractivity (Wildman–Crippen MR) is 110 cm³/mol. The Kier molecular flexibility index (Phi) is 7.19. The van der Waals surface area contributed by atoms with E-state index in [2.05, 4.69) is 5.32 Å². The molecule has 7 nitrogen and oxygen atoms in total. The monoisotopic (exact) mass is 410 g/mol. The van der Waals surface area contributed by atoms with Gasteiger partial charge in [0.05, 0.1) is 13.7 Å². The van der Waals surface area contributed by atoms with Crippen molar-refractivity contribution >= 4 is 17.8 Å². The zero-order valence-corrected chi connectivity index (χ0v) is 16.9. The Balaban J connectivity index is 1.72. The van der Waals surface area contributed by atoms with Gasteiger partial charge in [-0.1, -0.05) is 54.6 Å². The van der Waals surface area contributed by atoms with Crippen molar-refractivity contribution < 1.29 is 24.2 Å². The van der Waals surface area contributed by atoms with E-state index >= 15 is 0 Å². The minimum absolute atomic E-state index is 0.0794. The van der Waals surface area contributed by atoms with Gasteiger partial charge in [-0.2, -0.15) is 0 Å². The number of nitrogens with zero attached hydrogens (tertiary/aromatic N) is 1. The highest BCUT2D eigenvalue weighted by atomic mass is 16.5. The van der Waals surface area contributed by atoms with Gasteiger partial charge in [0.25, 0.3) is 0 Å². The number of benzene rings is 2. The summed E-state index contributed by atoms with van der Waals surface area (Å²) in [5.74, 6) is -1.01. The van der Waals surface area contributed by atoms with Crippen LogP contribution >= 0.6 is 0 Å². The molecule has 1 fully saturated rings. The fraction of sp³-hybridized carbons (Fsp3) is 0.348. The predicted octanol–water partition coefficient (Wildman–Crippen LogP) is 1.57. The molecule has 30 heavy (non-hydrogen) atoms. The number of methoxy groups -OCH3 is 1. The van der Waals surface area contributed by atoms with Crippen LogP contribution in [-0.2, 0) is 38.7 Å². The van der Waals surface area contributed by atoms with Crippen molar-refractivity contribution in [3.63, 3.8) is 0 Å². The molecule has 2 atom stereocenters. The molecule has 2 aromatic carbocycles. The van der Waals surface area contributed by atoms with Gasteiger partial charge in [0.15, 0.2) is 0 Å². The van der Waals surface area contributed by atoms with Gasteiger partial charge < -0.3 is 20.1 Å². The second-order valence-electron chi connectivity index (χ2n) is 7.33. The number of hydrogen-bond donors (Lipinski definition) is 2. The number of carbonyl (C=O) groups is 3. The Hall–Kier alpha value is -3.19. The zero-order chi connectivity index (χ0) is 21.5. The van der Waals surface area contributed by atoms with Crippen LogP contribution in [-0.4, -0.2) is 47.0 Å². The van der Waals surface area contributed by atoms with E-state index in [1.165, 1.54) is 7.11 Å². The average molecular weight is 410 g/mol. The van der Waals surface area contributed by atoms with Gasteiger partial charge in [-0.15, -0.1) is 0 Å². The number of aliphatic hydroxyl groups is 1. The van der Waals surface area contributed by atoms with E-state index in [1.54, 1.807) is 23.1 Å². The van der Waals surface area contributed by atoms with Crippen LogP contribution in [0.15, 0.2) is 54.6 Å². The lowest BCUT2D eigenvalue weighted by atomic mass is 10.0. The molecule has 158 valence electrons. The van der Waals surface area contributed by atoms with Crippen LogP contribution < -0.4 is 5.32 Å². The third-order valence-corrected chi connectivity index (χ3v) is 5.24. The first-order chi connectivity index (χ1) is 14.5. The lowest BCUT2D eigenvalue weighted by molar-refractivity contribution is -0.146. The van der Waals surface area contributed by atoms with E-state index < -0.39 is 18.1 Å². The molecule has 3 rings (SSSR count). The highest BCUT2D eigenvalue weighted by Crippen LogP contribution is 2.22. The normalized spacial score (nSPS) is 16.9. The van der Waals surface area contributed by atoms with Crippen molar-refractivity contribution in [1.29, 1.82) is 0 Å². The minimum Gasteiger partial charge on any atom is -0.467 e. The highest BCUT2D eigenvalue weighted by Gasteiger charge is 2.37. The van der Waals surface area contributed by atoms with E-state index in [9.17, 15) is 19.5 Å². The Morgan fingerprint density at radius 1 is 1.13 bits per heavy atom. The average Bonchev–Trinajstić information content (AvgIpc) is 3.13. The molecule has 0 aromatic heterocycles. The van der Waals surface area contributed by atoms with Gasteiger partial charge in [-0.05, 0) is 23.1 Å². The number of nitrogens with one attached hydrogen (secondary N) is 1. The second-order valence-corrected chi connectivity index (χ2v) is 7.33.